The molecule has 3 rings (SSSR count). The Labute approximate surface area is 116 Å². The summed E-state index contributed by atoms with van der Waals surface area (Å²) in [6.45, 7) is 1.94. The number of amides is 1. The summed E-state index contributed by atoms with van der Waals surface area (Å²) in [5, 5.41) is 2.83. The lowest BCUT2D eigenvalue weighted by atomic mass is 10.4. The van der Waals surface area contributed by atoms with Crippen molar-refractivity contribution in [2.45, 2.75) is 6.92 Å². The molecule has 3 heterocycles. The van der Waals surface area contributed by atoms with Crippen LogP contribution in [0, 0.1) is 6.92 Å². The van der Waals surface area contributed by atoms with Crippen molar-refractivity contribution in [3.8, 4) is 0 Å². The lowest BCUT2D eigenvalue weighted by Crippen LogP contribution is -2.13. The number of aromatic amines is 1. The highest BCUT2D eigenvalue weighted by atomic mass is 35.5. The monoisotopic (exact) mass is 293 g/mol. The summed E-state index contributed by atoms with van der Waals surface area (Å²) in [6, 6.07) is 3.63. The molecular formula is C11H8ClN5OS. The smallest absolute Gasteiger partial charge is 0.268 e. The van der Waals surface area contributed by atoms with E-state index < -0.39 is 0 Å². The molecule has 0 aliphatic carbocycles. The van der Waals surface area contributed by atoms with E-state index in [-0.39, 0.29) is 17.0 Å². The average molecular weight is 294 g/mol. The van der Waals surface area contributed by atoms with Gasteiger partial charge in [0.2, 0.25) is 5.95 Å². The van der Waals surface area contributed by atoms with Crippen LogP contribution >= 0.6 is 22.9 Å². The van der Waals surface area contributed by atoms with Gasteiger partial charge in [-0.05, 0) is 19.1 Å². The van der Waals surface area contributed by atoms with E-state index in [0.717, 1.165) is 4.88 Å². The van der Waals surface area contributed by atoms with Crippen molar-refractivity contribution >= 4 is 46.0 Å². The molecule has 8 heteroatoms. The molecule has 96 valence electrons. The van der Waals surface area contributed by atoms with Gasteiger partial charge in [0.15, 0.2) is 10.8 Å². The molecule has 0 radical (unpaired) electrons. The van der Waals surface area contributed by atoms with E-state index in [0.29, 0.717) is 16.0 Å². The number of halogens is 1. The maximum Gasteiger partial charge on any atom is 0.268 e. The van der Waals surface area contributed by atoms with Gasteiger partial charge in [0.05, 0.1) is 11.2 Å². The Kier molecular flexibility index (Phi) is 2.92. The number of rotatable bonds is 2. The predicted molar refractivity (Wildman–Crippen MR) is 73.7 cm³/mol. The van der Waals surface area contributed by atoms with Crippen LogP contribution in [0.15, 0.2) is 18.5 Å². The molecule has 1 amide bonds. The largest absolute Gasteiger partial charge is 0.341 e. The molecule has 0 atom stereocenters. The first-order valence-electron chi connectivity index (χ1n) is 5.38. The molecule has 0 fully saturated rings. The average Bonchev–Trinajstić information content (AvgIpc) is 2.97. The van der Waals surface area contributed by atoms with E-state index in [4.69, 9.17) is 11.6 Å². The summed E-state index contributed by atoms with van der Waals surface area (Å²) in [4.78, 5) is 28.5. The summed E-state index contributed by atoms with van der Waals surface area (Å²) in [6.07, 6.45) is 1.47. The quantitative estimate of drug-likeness (QED) is 0.711. The van der Waals surface area contributed by atoms with E-state index >= 15 is 0 Å². The molecule has 0 saturated carbocycles. The first-order valence-corrected chi connectivity index (χ1v) is 6.57. The third-order valence-electron chi connectivity index (χ3n) is 2.43. The number of imidazole rings is 1. The maximum atomic E-state index is 12.0. The zero-order valence-corrected chi connectivity index (χ0v) is 11.3. The molecule has 0 spiro atoms. The number of hydrogen-bond acceptors (Lipinski definition) is 5. The van der Waals surface area contributed by atoms with Crippen molar-refractivity contribution < 1.29 is 4.79 Å². The molecular weight excluding hydrogens is 286 g/mol. The minimum absolute atomic E-state index is 0.139. The first-order chi connectivity index (χ1) is 9.13. The number of nitrogens with zero attached hydrogens (tertiary/aromatic N) is 3. The number of nitrogens with one attached hydrogen (secondary N) is 2. The van der Waals surface area contributed by atoms with Crippen LogP contribution < -0.4 is 5.32 Å². The standard InChI is InChI=1S/C11H8ClN5OS/c1-5-2-3-6(19-5)10(18)17-11-15-8(12)7-9(16-11)14-4-13-7/h2-4H,1H3,(H2,13,14,15,16,17,18). The van der Waals surface area contributed by atoms with Crippen LogP contribution in [0.4, 0.5) is 5.95 Å². The minimum atomic E-state index is -0.260. The van der Waals surface area contributed by atoms with E-state index in [9.17, 15) is 4.79 Å². The van der Waals surface area contributed by atoms with Crippen LogP contribution in [0.2, 0.25) is 5.15 Å². The number of aryl methyl sites for hydroxylation is 1. The number of aromatic nitrogens is 4. The minimum Gasteiger partial charge on any atom is -0.341 e. The third-order valence-corrected chi connectivity index (χ3v) is 3.70. The van der Waals surface area contributed by atoms with Gasteiger partial charge in [0.1, 0.15) is 5.52 Å². The molecule has 0 aliphatic rings. The second-order valence-electron chi connectivity index (χ2n) is 3.80. The van der Waals surface area contributed by atoms with Gasteiger partial charge in [-0.15, -0.1) is 11.3 Å². The maximum absolute atomic E-state index is 12.0. The number of H-pyrrole nitrogens is 1. The Morgan fingerprint density at radius 1 is 1.42 bits per heavy atom. The van der Waals surface area contributed by atoms with E-state index in [1.165, 1.54) is 17.7 Å². The fourth-order valence-corrected chi connectivity index (χ4v) is 2.56. The van der Waals surface area contributed by atoms with Crippen LogP contribution in [0.5, 0.6) is 0 Å². The summed E-state index contributed by atoms with van der Waals surface area (Å²) in [5.74, 6) is -0.121. The summed E-state index contributed by atoms with van der Waals surface area (Å²) < 4.78 is 0. The van der Waals surface area contributed by atoms with Gasteiger partial charge in [0, 0.05) is 4.88 Å². The van der Waals surface area contributed by atoms with Crippen molar-refractivity contribution in [1.29, 1.82) is 0 Å². The van der Waals surface area contributed by atoms with Gasteiger partial charge >= 0.3 is 0 Å². The molecule has 6 nitrogen and oxygen atoms in total. The number of fused-ring (bicyclic) bond motifs is 1. The number of anilines is 1. The van der Waals surface area contributed by atoms with Gasteiger partial charge in [-0.1, -0.05) is 11.6 Å². The zero-order valence-electron chi connectivity index (χ0n) is 9.77. The lowest BCUT2D eigenvalue weighted by Gasteiger charge is -2.02. The van der Waals surface area contributed by atoms with Gasteiger partial charge in [-0.3, -0.25) is 10.1 Å². The second kappa shape index (κ2) is 4.60. The van der Waals surface area contributed by atoms with Crippen LogP contribution in [0.3, 0.4) is 0 Å². The molecule has 3 aromatic rings. The fourth-order valence-electron chi connectivity index (χ4n) is 1.57. The molecule has 3 aromatic heterocycles. The van der Waals surface area contributed by atoms with Crippen molar-refractivity contribution in [2.24, 2.45) is 0 Å². The highest BCUT2D eigenvalue weighted by Crippen LogP contribution is 2.20. The van der Waals surface area contributed by atoms with Crippen molar-refractivity contribution in [2.75, 3.05) is 5.32 Å². The van der Waals surface area contributed by atoms with Gasteiger partial charge < -0.3 is 4.98 Å². The van der Waals surface area contributed by atoms with Gasteiger partial charge in [0.25, 0.3) is 5.91 Å². The Morgan fingerprint density at radius 2 is 2.26 bits per heavy atom. The Hall–Kier alpha value is -1.99. The molecule has 0 bridgehead atoms. The van der Waals surface area contributed by atoms with E-state index in [1.54, 1.807) is 6.07 Å². The zero-order chi connectivity index (χ0) is 13.4. The molecule has 0 aromatic carbocycles. The summed E-state index contributed by atoms with van der Waals surface area (Å²) in [7, 11) is 0. The molecule has 0 aliphatic heterocycles. The number of hydrogen-bond donors (Lipinski definition) is 2. The predicted octanol–water partition coefficient (Wildman–Crippen LogP) is 2.63. The number of thiophene rings is 1. The highest BCUT2D eigenvalue weighted by Gasteiger charge is 2.13. The number of carbonyl (C=O) groups is 1. The highest BCUT2D eigenvalue weighted by molar-refractivity contribution is 7.14. The second-order valence-corrected chi connectivity index (χ2v) is 5.45. The van der Waals surface area contributed by atoms with E-state index in [2.05, 4.69) is 25.3 Å². The Morgan fingerprint density at radius 3 is 3.00 bits per heavy atom. The van der Waals surface area contributed by atoms with Crippen molar-refractivity contribution in [1.82, 2.24) is 19.9 Å². The molecule has 2 N–H and O–H groups in total. The van der Waals surface area contributed by atoms with Crippen LogP contribution in [0.1, 0.15) is 14.5 Å². The Bertz CT molecular complexity index is 765. The van der Waals surface area contributed by atoms with Crippen LogP contribution in [0.25, 0.3) is 11.2 Å². The third kappa shape index (κ3) is 2.29. The summed E-state index contributed by atoms with van der Waals surface area (Å²) >= 11 is 7.37. The first kappa shape index (κ1) is 12.1. The van der Waals surface area contributed by atoms with Crippen molar-refractivity contribution in [3.05, 3.63) is 33.4 Å². The topological polar surface area (TPSA) is 83.6 Å². The summed E-state index contributed by atoms with van der Waals surface area (Å²) in [5.41, 5.74) is 0.962. The van der Waals surface area contributed by atoms with Gasteiger partial charge in [-0.25, -0.2) is 4.98 Å². The molecule has 0 saturated heterocycles. The Balaban J connectivity index is 1.90. The lowest BCUT2D eigenvalue weighted by molar-refractivity contribution is 0.102. The van der Waals surface area contributed by atoms with Crippen LogP contribution in [-0.2, 0) is 0 Å². The fraction of sp³-hybridized carbons (Fsp3) is 0.0909. The number of carbonyl (C=O) groups excluding carboxylic acids is 1. The van der Waals surface area contributed by atoms with Gasteiger partial charge in [-0.2, -0.15) is 9.97 Å². The van der Waals surface area contributed by atoms with Crippen LogP contribution in [-0.4, -0.2) is 25.8 Å². The van der Waals surface area contributed by atoms with Crippen molar-refractivity contribution in [3.63, 3.8) is 0 Å². The normalized spacial score (nSPS) is 10.8. The SMILES string of the molecule is Cc1ccc(C(=O)Nc2nc(Cl)c3[nH]cnc3n2)s1. The van der Waals surface area contributed by atoms with E-state index in [1.807, 2.05) is 13.0 Å². The molecule has 19 heavy (non-hydrogen) atoms. The molecule has 0 unspecified atom stereocenters.